The van der Waals surface area contributed by atoms with Gasteiger partial charge in [0.05, 0.1) is 0 Å². The van der Waals surface area contributed by atoms with E-state index in [-0.39, 0.29) is 5.91 Å². The number of thioether (sulfide) groups is 1. The smallest absolute Gasteiger partial charge is 0.351 e. The zero-order valence-corrected chi connectivity index (χ0v) is 10.2. The van der Waals surface area contributed by atoms with Crippen molar-refractivity contribution in [1.82, 2.24) is 9.80 Å². The number of carbonyl (C=O) groups is 2. The van der Waals surface area contributed by atoms with Crippen molar-refractivity contribution in [2.75, 3.05) is 20.1 Å². The van der Waals surface area contributed by atoms with E-state index in [1.54, 1.807) is 0 Å². The first-order chi connectivity index (χ1) is 8.16. The second-order valence-corrected chi connectivity index (χ2v) is 5.31. The molecule has 0 aromatic carbocycles. The Morgan fingerprint density at radius 3 is 2.65 bits per heavy atom. The molecule has 0 aliphatic carbocycles. The lowest BCUT2D eigenvalue weighted by atomic mass is 10.3. The summed E-state index contributed by atoms with van der Waals surface area (Å²) < 4.78 is 0. The molecule has 0 aromatic rings. The van der Waals surface area contributed by atoms with Crippen LogP contribution in [0.5, 0.6) is 0 Å². The van der Waals surface area contributed by atoms with Crippen LogP contribution in [0.3, 0.4) is 0 Å². The van der Waals surface area contributed by atoms with Gasteiger partial charge in [0.2, 0.25) is 0 Å². The summed E-state index contributed by atoms with van der Waals surface area (Å²) >= 11 is 1.41. The summed E-state index contributed by atoms with van der Waals surface area (Å²) in [6.45, 7) is 1.95. The highest BCUT2D eigenvalue weighted by molar-refractivity contribution is 8.16. The summed E-state index contributed by atoms with van der Waals surface area (Å²) in [6, 6.07) is -0.520. The van der Waals surface area contributed by atoms with Crippen LogP contribution in [0, 0.1) is 0 Å². The highest BCUT2D eigenvalue weighted by Gasteiger charge is 2.42. The fraction of sp³-hybridized carbons (Fsp3) is 0.600. The summed E-state index contributed by atoms with van der Waals surface area (Å²) in [4.78, 5) is 34.7. The molecule has 3 aliphatic rings. The topological polar surface area (TPSA) is 65.3 Å². The van der Waals surface area contributed by atoms with Crippen molar-refractivity contribution < 1.29 is 9.59 Å². The molecule has 6 nitrogen and oxygen atoms in total. The average Bonchev–Trinajstić information content (AvgIpc) is 2.93. The first-order valence-corrected chi connectivity index (χ1v) is 6.45. The maximum atomic E-state index is 11.9. The number of carbonyl (C=O) groups excluding carboxylic acids is 2. The molecule has 1 atom stereocenters. The van der Waals surface area contributed by atoms with Gasteiger partial charge >= 0.3 is 6.03 Å². The zero-order chi connectivity index (χ0) is 12.0. The SMILES string of the molecule is CN1C(=O)N=C2N=C(N3CCCC3)SC2C1=O. The number of rotatable bonds is 0. The highest BCUT2D eigenvalue weighted by atomic mass is 32.2. The van der Waals surface area contributed by atoms with E-state index in [1.165, 1.54) is 18.8 Å². The van der Waals surface area contributed by atoms with Crippen molar-refractivity contribution >= 4 is 34.7 Å². The fourth-order valence-electron chi connectivity index (χ4n) is 2.08. The minimum absolute atomic E-state index is 0.219. The summed E-state index contributed by atoms with van der Waals surface area (Å²) in [5.41, 5.74) is 0. The van der Waals surface area contributed by atoms with Crippen molar-refractivity contribution in [2.45, 2.75) is 18.1 Å². The van der Waals surface area contributed by atoms with Gasteiger partial charge in [-0.15, -0.1) is 0 Å². The van der Waals surface area contributed by atoms with E-state index in [0.29, 0.717) is 5.84 Å². The van der Waals surface area contributed by atoms with Gasteiger partial charge in [-0.3, -0.25) is 9.69 Å². The Labute approximate surface area is 103 Å². The lowest BCUT2D eigenvalue weighted by Crippen LogP contribution is -2.44. The molecule has 7 heteroatoms. The molecule has 17 heavy (non-hydrogen) atoms. The number of imide groups is 1. The molecule has 0 radical (unpaired) electrons. The van der Waals surface area contributed by atoms with Gasteiger partial charge in [0.25, 0.3) is 5.91 Å². The monoisotopic (exact) mass is 252 g/mol. The maximum absolute atomic E-state index is 11.9. The number of hydrogen-bond acceptors (Lipinski definition) is 5. The van der Waals surface area contributed by atoms with Crippen LogP contribution < -0.4 is 0 Å². The Morgan fingerprint density at radius 2 is 1.94 bits per heavy atom. The number of fused-ring (bicyclic) bond motifs is 1. The first kappa shape index (κ1) is 10.8. The Hall–Kier alpha value is -1.37. The number of likely N-dealkylation sites (tertiary alicyclic amines) is 1. The Kier molecular flexibility index (Phi) is 2.43. The highest BCUT2D eigenvalue weighted by Crippen LogP contribution is 2.30. The van der Waals surface area contributed by atoms with Gasteiger partial charge in [-0.25, -0.2) is 9.79 Å². The molecule has 1 fully saturated rings. The molecule has 0 N–H and O–H groups in total. The average molecular weight is 252 g/mol. The van der Waals surface area contributed by atoms with Crippen molar-refractivity contribution in [3.63, 3.8) is 0 Å². The second-order valence-electron chi connectivity index (χ2n) is 4.24. The number of nitrogens with zero attached hydrogens (tertiary/aromatic N) is 4. The standard InChI is InChI=1S/C10H12N4O2S/c1-13-8(15)6-7(11-9(13)16)12-10(17-6)14-4-2-3-5-14/h6H,2-5H2,1H3. The third kappa shape index (κ3) is 1.65. The summed E-state index contributed by atoms with van der Waals surface area (Å²) in [5.74, 6) is 0.146. The van der Waals surface area contributed by atoms with E-state index >= 15 is 0 Å². The van der Waals surface area contributed by atoms with Crippen LogP contribution in [0.15, 0.2) is 9.98 Å². The Morgan fingerprint density at radius 1 is 1.24 bits per heavy atom. The number of hydrogen-bond donors (Lipinski definition) is 0. The lowest BCUT2D eigenvalue weighted by Gasteiger charge is -2.21. The van der Waals surface area contributed by atoms with Gasteiger partial charge in [0, 0.05) is 20.1 Å². The normalized spacial score (nSPS) is 28.4. The summed E-state index contributed by atoms with van der Waals surface area (Å²) in [5, 5.41) is 0.413. The van der Waals surface area contributed by atoms with Gasteiger partial charge in [0.15, 0.2) is 16.3 Å². The number of urea groups is 1. The number of amides is 3. The molecular formula is C10H12N4O2S. The number of amidine groups is 2. The Balaban J connectivity index is 1.87. The molecule has 1 unspecified atom stereocenters. The van der Waals surface area contributed by atoms with Crippen LogP contribution in [0.1, 0.15) is 12.8 Å². The Bertz CT molecular complexity index is 453. The molecule has 0 saturated carbocycles. The molecule has 3 heterocycles. The molecule has 0 aromatic heterocycles. The van der Waals surface area contributed by atoms with Crippen molar-refractivity contribution in [3.8, 4) is 0 Å². The number of aliphatic imine (C=N–C) groups is 2. The van der Waals surface area contributed by atoms with Crippen LogP contribution >= 0.6 is 11.8 Å². The first-order valence-electron chi connectivity index (χ1n) is 5.57. The van der Waals surface area contributed by atoms with E-state index in [2.05, 4.69) is 14.9 Å². The molecule has 0 bridgehead atoms. The molecule has 1 saturated heterocycles. The van der Waals surface area contributed by atoms with E-state index < -0.39 is 11.3 Å². The molecule has 3 aliphatic heterocycles. The van der Waals surface area contributed by atoms with E-state index in [9.17, 15) is 9.59 Å². The minimum Gasteiger partial charge on any atom is -0.351 e. The van der Waals surface area contributed by atoms with Gasteiger partial charge in [0.1, 0.15) is 0 Å². The molecular weight excluding hydrogens is 240 g/mol. The summed E-state index contributed by atoms with van der Waals surface area (Å²) in [6.07, 6.45) is 2.31. The minimum atomic E-state index is -0.520. The lowest BCUT2D eigenvalue weighted by molar-refractivity contribution is -0.125. The molecule has 0 spiro atoms. The molecule has 90 valence electrons. The maximum Gasteiger partial charge on any atom is 0.351 e. The molecule has 3 amide bonds. The quantitative estimate of drug-likeness (QED) is 0.631. The van der Waals surface area contributed by atoms with Crippen LogP contribution in [0.25, 0.3) is 0 Å². The van der Waals surface area contributed by atoms with Crippen LogP contribution in [0.4, 0.5) is 4.79 Å². The predicted molar refractivity (Wildman–Crippen MR) is 65.2 cm³/mol. The van der Waals surface area contributed by atoms with Crippen LogP contribution in [-0.4, -0.2) is 58.1 Å². The largest absolute Gasteiger partial charge is 0.351 e. The predicted octanol–water partition coefficient (Wildman–Crippen LogP) is 0.544. The van der Waals surface area contributed by atoms with Crippen molar-refractivity contribution in [3.05, 3.63) is 0 Å². The van der Waals surface area contributed by atoms with Gasteiger partial charge in [-0.05, 0) is 12.8 Å². The van der Waals surface area contributed by atoms with Gasteiger partial charge < -0.3 is 4.90 Å². The van der Waals surface area contributed by atoms with E-state index in [1.807, 2.05) is 0 Å². The fourth-order valence-corrected chi connectivity index (χ4v) is 3.24. The van der Waals surface area contributed by atoms with E-state index in [0.717, 1.165) is 36.0 Å². The van der Waals surface area contributed by atoms with E-state index in [4.69, 9.17) is 0 Å². The van der Waals surface area contributed by atoms with Crippen LogP contribution in [-0.2, 0) is 4.79 Å². The van der Waals surface area contributed by atoms with Crippen LogP contribution in [0.2, 0.25) is 0 Å². The van der Waals surface area contributed by atoms with Crippen molar-refractivity contribution in [2.24, 2.45) is 9.98 Å². The third-order valence-electron chi connectivity index (χ3n) is 3.10. The van der Waals surface area contributed by atoms with Crippen molar-refractivity contribution in [1.29, 1.82) is 0 Å². The second kappa shape index (κ2) is 3.83. The van der Waals surface area contributed by atoms with Gasteiger partial charge in [-0.2, -0.15) is 4.99 Å². The molecule has 3 rings (SSSR count). The summed E-state index contributed by atoms with van der Waals surface area (Å²) in [7, 11) is 1.46. The zero-order valence-electron chi connectivity index (χ0n) is 9.42. The van der Waals surface area contributed by atoms with Gasteiger partial charge in [-0.1, -0.05) is 11.8 Å². The third-order valence-corrected chi connectivity index (χ3v) is 4.31.